The Bertz CT molecular complexity index is 570. The van der Waals surface area contributed by atoms with Crippen molar-refractivity contribution >= 4 is 11.0 Å². The molecule has 0 bridgehead atoms. The van der Waals surface area contributed by atoms with Crippen molar-refractivity contribution in [3.8, 4) is 0 Å². The maximum Gasteiger partial charge on any atom is 0.264 e. The van der Waals surface area contributed by atoms with E-state index in [-0.39, 0.29) is 5.56 Å². The van der Waals surface area contributed by atoms with E-state index in [1.807, 2.05) is 0 Å². The van der Waals surface area contributed by atoms with E-state index in [1.165, 1.54) is 31.3 Å². The van der Waals surface area contributed by atoms with Crippen molar-refractivity contribution in [1.82, 2.24) is 19.3 Å². The molecule has 0 spiro atoms. The normalized spacial score (nSPS) is 11.5. The minimum atomic E-state index is -0.469. The minimum absolute atomic E-state index is 0.151. The SMILES string of the molecule is COC(Cn1cnc2c(cnn2C)c1=O)OC. The molecule has 7 heteroatoms. The summed E-state index contributed by atoms with van der Waals surface area (Å²) in [6.07, 6.45) is 2.51. The molecule has 92 valence electrons. The largest absolute Gasteiger partial charge is 0.354 e. The van der Waals surface area contributed by atoms with Crippen LogP contribution >= 0.6 is 0 Å². The summed E-state index contributed by atoms with van der Waals surface area (Å²) in [5.41, 5.74) is 0.417. The molecule has 2 rings (SSSR count). The van der Waals surface area contributed by atoms with Crippen molar-refractivity contribution in [3.05, 3.63) is 22.9 Å². The molecule has 2 aromatic heterocycles. The van der Waals surface area contributed by atoms with E-state index in [0.29, 0.717) is 17.6 Å². The molecule has 0 N–H and O–H groups in total. The molecule has 0 aromatic carbocycles. The van der Waals surface area contributed by atoms with E-state index in [2.05, 4.69) is 10.1 Å². The van der Waals surface area contributed by atoms with E-state index in [1.54, 1.807) is 11.7 Å². The number of nitrogens with zero attached hydrogens (tertiary/aromatic N) is 4. The van der Waals surface area contributed by atoms with Crippen LogP contribution in [-0.2, 0) is 23.1 Å². The molecule has 0 fully saturated rings. The Balaban J connectivity index is 2.43. The van der Waals surface area contributed by atoms with Crippen molar-refractivity contribution in [2.24, 2.45) is 7.05 Å². The third-order valence-corrected chi connectivity index (χ3v) is 2.59. The molecule has 0 amide bonds. The summed E-state index contributed by atoms with van der Waals surface area (Å²) in [6.45, 7) is 0.295. The highest BCUT2D eigenvalue weighted by atomic mass is 16.7. The summed E-state index contributed by atoms with van der Waals surface area (Å²) in [4.78, 5) is 16.2. The summed E-state index contributed by atoms with van der Waals surface area (Å²) >= 11 is 0. The number of aromatic nitrogens is 4. The second kappa shape index (κ2) is 4.64. The fourth-order valence-corrected chi connectivity index (χ4v) is 1.60. The van der Waals surface area contributed by atoms with Crippen LogP contribution in [0.2, 0.25) is 0 Å². The van der Waals surface area contributed by atoms with Crippen molar-refractivity contribution in [3.63, 3.8) is 0 Å². The Morgan fingerprint density at radius 3 is 2.76 bits per heavy atom. The lowest BCUT2D eigenvalue weighted by Gasteiger charge is -2.14. The van der Waals surface area contributed by atoms with Gasteiger partial charge in [0.15, 0.2) is 11.9 Å². The molecule has 0 aliphatic heterocycles. The van der Waals surface area contributed by atoms with E-state index in [0.717, 1.165) is 0 Å². The molecule has 0 atom stereocenters. The summed E-state index contributed by atoms with van der Waals surface area (Å²) in [5, 5.41) is 4.48. The zero-order valence-corrected chi connectivity index (χ0v) is 9.95. The predicted molar refractivity (Wildman–Crippen MR) is 60.6 cm³/mol. The van der Waals surface area contributed by atoms with Gasteiger partial charge in [0, 0.05) is 21.3 Å². The molecule has 0 saturated heterocycles. The molecule has 17 heavy (non-hydrogen) atoms. The van der Waals surface area contributed by atoms with Gasteiger partial charge in [0.25, 0.3) is 5.56 Å². The maximum atomic E-state index is 12.1. The minimum Gasteiger partial charge on any atom is -0.354 e. The smallest absolute Gasteiger partial charge is 0.264 e. The molecule has 2 aromatic rings. The zero-order valence-electron chi connectivity index (χ0n) is 9.95. The number of fused-ring (bicyclic) bond motifs is 1. The first-order chi connectivity index (χ1) is 8.17. The van der Waals surface area contributed by atoms with Gasteiger partial charge >= 0.3 is 0 Å². The lowest BCUT2D eigenvalue weighted by molar-refractivity contribution is -0.111. The van der Waals surface area contributed by atoms with Crippen LogP contribution < -0.4 is 5.56 Å². The highest BCUT2D eigenvalue weighted by Crippen LogP contribution is 2.04. The van der Waals surface area contributed by atoms with Gasteiger partial charge in [0.05, 0.1) is 12.7 Å². The molecule has 0 aliphatic rings. The van der Waals surface area contributed by atoms with Gasteiger partial charge in [-0.3, -0.25) is 14.0 Å². The molecular formula is C10H14N4O3. The van der Waals surface area contributed by atoms with Crippen LogP contribution in [0.1, 0.15) is 0 Å². The van der Waals surface area contributed by atoms with Gasteiger partial charge in [-0.2, -0.15) is 5.10 Å². The summed E-state index contributed by atoms with van der Waals surface area (Å²) in [7, 11) is 4.79. The van der Waals surface area contributed by atoms with Crippen LogP contribution in [0, 0.1) is 0 Å². The zero-order chi connectivity index (χ0) is 12.4. The number of hydrogen-bond acceptors (Lipinski definition) is 5. The van der Waals surface area contributed by atoms with Gasteiger partial charge in [0.2, 0.25) is 0 Å². The average molecular weight is 238 g/mol. The fraction of sp³-hybridized carbons (Fsp3) is 0.500. The molecule has 7 nitrogen and oxygen atoms in total. The summed E-state index contributed by atoms with van der Waals surface area (Å²) in [6, 6.07) is 0. The predicted octanol–water partition coefficient (Wildman–Crippen LogP) is -0.251. The fourth-order valence-electron chi connectivity index (χ4n) is 1.60. The van der Waals surface area contributed by atoms with Crippen molar-refractivity contribution in [1.29, 1.82) is 0 Å². The lowest BCUT2D eigenvalue weighted by Crippen LogP contribution is -2.29. The Hall–Kier alpha value is -1.73. The molecule has 2 heterocycles. The van der Waals surface area contributed by atoms with Crippen LogP contribution in [-0.4, -0.2) is 39.8 Å². The van der Waals surface area contributed by atoms with Crippen LogP contribution in [0.3, 0.4) is 0 Å². The van der Waals surface area contributed by atoms with Crippen LogP contribution in [0.4, 0.5) is 0 Å². The maximum absolute atomic E-state index is 12.1. The van der Waals surface area contributed by atoms with Crippen molar-refractivity contribution in [2.45, 2.75) is 12.8 Å². The van der Waals surface area contributed by atoms with Gasteiger partial charge in [-0.15, -0.1) is 0 Å². The van der Waals surface area contributed by atoms with Gasteiger partial charge < -0.3 is 9.47 Å². The van der Waals surface area contributed by atoms with E-state index >= 15 is 0 Å². The highest BCUT2D eigenvalue weighted by molar-refractivity contribution is 5.72. The first-order valence-corrected chi connectivity index (χ1v) is 5.10. The van der Waals surface area contributed by atoms with Gasteiger partial charge in [-0.1, -0.05) is 0 Å². The van der Waals surface area contributed by atoms with Crippen LogP contribution in [0.15, 0.2) is 17.3 Å². The van der Waals surface area contributed by atoms with Gasteiger partial charge in [0.1, 0.15) is 11.7 Å². The molecule has 0 aliphatic carbocycles. The monoisotopic (exact) mass is 238 g/mol. The average Bonchev–Trinajstić information content (AvgIpc) is 2.71. The van der Waals surface area contributed by atoms with E-state index in [9.17, 15) is 4.79 Å². The van der Waals surface area contributed by atoms with Gasteiger partial charge in [-0.25, -0.2) is 4.98 Å². The quantitative estimate of drug-likeness (QED) is 0.687. The van der Waals surface area contributed by atoms with E-state index < -0.39 is 6.29 Å². The standard InChI is InChI=1S/C10H14N4O3/c1-13-9-7(4-12-13)10(15)14(6-11-9)5-8(16-2)17-3/h4,6,8H,5H2,1-3H3. The topological polar surface area (TPSA) is 71.2 Å². The number of rotatable bonds is 4. The number of hydrogen-bond donors (Lipinski definition) is 0. The molecular weight excluding hydrogens is 224 g/mol. The van der Waals surface area contributed by atoms with Gasteiger partial charge in [-0.05, 0) is 0 Å². The van der Waals surface area contributed by atoms with E-state index in [4.69, 9.17) is 9.47 Å². The van der Waals surface area contributed by atoms with Crippen LogP contribution in [0.25, 0.3) is 11.0 Å². The van der Waals surface area contributed by atoms with Crippen molar-refractivity contribution < 1.29 is 9.47 Å². The molecule has 0 radical (unpaired) electrons. The third-order valence-electron chi connectivity index (χ3n) is 2.59. The Morgan fingerprint density at radius 1 is 1.41 bits per heavy atom. The first kappa shape index (κ1) is 11.7. The van der Waals surface area contributed by atoms with Crippen molar-refractivity contribution in [2.75, 3.05) is 14.2 Å². The number of aryl methyl sites for hydroxylation is 1. The highest BCUT2D eigenvalue weighted by Gasteiger charge is 2.11. The summed E-state index contributed by atoms with van der Waals surface area (Å²) in [5.74, 6) is 0. The molecule has 0 unspecified atom stereocenters. The number of methoxy groups -OCH3 is 2. The Morgan fingerprint density at radius 2 is 2.12 bits per heavy atom. The second-order valence-electron chi connectivity index (χ2n) is 3.61. The Labute approximate surface area is 97.6 Å². The Kier molecular flexibility index (Phi) is 3.21. The first-order valence-electron chi connectivity index (χ1n) is 5.10. The lowest BCUT2D eigenvalue weighted by atomic mass is 10.4. The number of ether oxygens (including phenoxy) is 2. The molecule has 0 saturated carbocycles. The second-order valence-corrected chi connectivity index (χ2v) is 3.61. The summed E-state index contributed by atoms with van der Waals surface area (Å²) < 4.78 is 13.1. The third kappa shape index (κ3) is 2.06. The van der Waals surface area contributed by atoms with Crippen LogP contribution in [0.5, 0.6) is 0 Å².